The zero-order valence-electron chi connectivity index (χ0n) is 9.50. The second kappa shape index (κ2) is 5.17. The molecule has 0 aliphatic heterocycles. The number of aryl methyl sites for hydroxylation is 1. The molecule has 0 fully saturated rings. The number of isocyanates is 2. The number of carbonyl (C=O) groups excluding carboxylic acids is 2. The predicted octanol–water partition coefficient (Wildman–Crippen LogP) is 2.80. The highest BCUT2D eigenvalue weighted by Gasteiger charge is 2.11. The van der Waals surface area contributed by atoms with Crippen LogP contribution in [0.5, 0.6) is 0 Å². The summed E-state index contributed by atoms with van der Waals surface area (Å²) in [6, 6.07) is 1.72. The van der Waals surface area contributed by atoms with Crippen LogP contribution in [0.1, 0.15) is 23.6 Å². The third-order valence-corrected chi connectivity index (χ3v) is 2.60. The van der Waals surface area contributed by atoms with E-state index in [-0.39, 0.29) is 0 Å². The van der Waals surface area contributed by atoms with Crippen molar-refractivity contribution in [3.05, 3.63) is 22.8 Å². The van der Waals surface area contributed by atoms with Crippen molar-refractivity contribution in [2.45, 2.75) is 27.2 Å². The van der Waals surface area contributed by atoms with Crippen molar-refractivity contribution in [3.8, 4) is 0 Å². The van der Waals surface area contributed by atoms with Crippen molar-refractivity contribution in [3.63, 3.8) is 0 Å². The van der Waals surface area contributed by atoms with Gasteiger partial charge in [-0.3, -0.25) is 0 Å². The molecule has 0 aliphatic carbocycles. The first kappa shape index (κ1) is 12.1. The van der Waals surface area contributed by atoms with Gasteiger partial charge in [-0.1, -0.05) is 6.92 Å². The standard InChI is InChI=1S/C12H12N2O2/c1-4-10-9(3)8(2)5-11(13-6-15)12(10)14-7-16/h5H,4H2,1-3H3. The molecule has 0 bridgehead atoms. The maximum atomic E-state index is 10.4. The van der Waals surface area contributed by atoms with Gasteiger partial charge in [0.25, 0.3) is 0 Å². The first-order valence-electron chi connectivity index (χ1n) is 4.94. The van der Waals surface area contributed by atoms with Crippen LogP contribution >= 0.6 is 0 Å². The first-order valence-corrected chi connectivity index (χ1v) is 4.94. The predicted molar refractivity (Wildman–Crippen MR) is 60.9 cm³/mol. The van der Waals surface area contributed by atoms with Gasteiger partial charge in [0.1, 0.15) is 11.4 Å². The average molecular weight is 216 g/mol. The van der Waals surface area contributed by atoms with Gasteiger partial charge in [0, 0.05) is 0 Å². The van der Waals surface area contributed by atoms with Crippen molar-refractivity contribution in [1.29, 1.82) is 0 Å². The second-order valence-corrected chi connectivity index (χ2v) is 3.42. The van der Waals surface area contributed by atoms with E-state index in [2.05, 4.69) is 9.98 Å². The Hall–Kier alpha value is -2.02. The van der Waals surface area contributed by atoms with Crippen LogP contribution in [-0.4, -0.2) is 12.2 Å². The van der Waals surface area contributed by atoms with E-state index in [1.165, 1.54) is 12.2 Å². The van der Waals surface area contributed by atoms with Gasteiger partial charge in [0.05, 0.1) is 0 Å². The van der Waals surface area contributed by atoms with E-state index in [4.69, 9.17) is 0 Å². The molecule has 0 amide bonds. The Kier molecular flexibility index (Phi) is 3.90. The number of hydrogen-bond donors (Lipinski definition) is 0. The zero-order chi connectivity index (χ0) is 12.1. The quantitative estimate of drug-likeness (QED) is 0.576. The molecule has 0 saturated heterocycles. The highest BCUT2D eigenvalue weighted by molar-refractivity contribution is 5.74. The van der Waals surface area contributed by atoms with Crippen LogP contribution in [0.25, 0.3) is 0 Å². The molecular formula is C12H12N2O2. The Labute approximate surface area is 93.7 Å². The molecule has 0 unspecified atom stereocenters. The van der Waals surface area contributed by atoms with Gasteiger partial charge in [-0.2, -0.15) is 9.98 Å². The summed E-state index contributed by atoms with van der Waals surface area (Å²) in [7, 11) is 0. The zero-order valence-corrected chi connectivity index (χ0v) is 9.50. The van der Waals surface area contributed by atoms with E-state index in [9.17, 15) is 9.59 Å². The van der Waals surface area contributed by atoms with Crippen molar-refractivity contribution in [2.75, 3.05) is 0 Å². The van der Waals surface area contributed by atoms with Gasteiger partial charge >= 0.3 is 0 Å². The highest BCUT2D eigenvalue weighted by Crippen LogP contribution is 2.35. The number of benzene rings is 1. The van der Waals surface area contributed by atoms with Crippen LogP contribution in [0.3, 0.4) is 0 Å². The smallest absolute Gasteiger partial charge is 0.211 e. The largest absolute Gasteiger partial charge is 0.240 e. The first-order chi connectivity index (χ1) is 7.65. The average Bonchev–Trinajstić information content (AvgIpc) is 2.26. The fourth-order valence-electron chi connectivity index (χ4n) is 1.69. The lowest BCUT2D eigenvalue weighted by Gasteiger charge is -2.11. The molecule has 4 nitrogen and oxygen atoms in total. The summed E-state index contributed by atoms with van der Waals surface area (Å²) < 4.78 is 0. The van der Waals surface area contributed by atoms with Crippen LogP contribution in [0, 0.1) is 13.8 Å². The molecule has 1 aromatic carbocycles. The molecule has 1 aromatic rings. The number of hydrogen-bond acceptors (Lipinski definition) is 4. The normalized spacial score (nSPS) is 9.19. The van der Waals surface area contributed by atoms with Gasteiger partial charge in [0.2, 0.25) is 12.2 Å². The van der Waals surface area contributed by atoms with Crippen molar-refractivity contribution >= 4 is 23.5 Å². The molecule has 0 heterocycles. The molecule has 0 N–H and O–H groups in total. The van der Waals surface area contributed by atoms with E-state index in [0.29, 0.717) is 11.4 Å². The molecule has 0 atom stereocenters. The van der Waals surface area contributed by atoms with Crippen LogP contribution in [-0.2, 0) is 16.0 Å². The Morgan fingerprint density at radius 1 is 1.19 bits per heavy atom. The van der Waals surface area contributed by atoms with Crippen molar-refractivity contribution in [1.82, 2.24) is 0 Å². The topological polar surface area (TPSA) is 58.9 Å². The molecule has 0 saturated carbocycles. The Morgan fingerprint density at radius 2 is 1.81 bits per heavy atom. The number of rotatable bonds is 3. The Morgan fingerprint density at radius 3 is 2.31 bits per heavy atom. The number of nitrogens with zero attached hydrogens (tertiary/aromatic N) is 2. The maximum absolute atomic E-state index is 10.4. The lowest BCUT2D eigenvalue weighted by atomic mass is 9.98. The number of aliphatic imine (C=N–C) groups is 2. The molecule has 16 heavy (non-hydrogen) atoms. The summed E-state index contributed by atoms with van der Waals surface area (Å²) in [5.74, 6) is 0. The van der Waals surface area contributed by atoms with Crippen LogP contribution in [0.4, 0.5) is 11.4 Å². The second-order valence-electron chi connectivity index (χ2n) is 3.42. The summed E-state index contributed by atoms with van der Waals surface area (Å²) in [5, 5.41) is 0. The molecule has 0 spiro atoms. The monoisotopic (exact) mass is 216 g/mol. The van der Waals surface area contributed by atoms with Crippen LogP contribution in [0.15, 0.2) is 16.1 Å². The molecule has 0 aromatic heterocycles. The molecule has 0 radical (unpaired) electrons. The molecular weight excluding hydrogens is 204 g/mol. The van der Waals surface area contributed by atoms with Gasteiger partial charge in [-0.05, 0) is 43.0 Å². The van der Waals surface area contributed by atoms with Gasteiger partial charge in [-0.15, -0.1) is 0 Å². The summed E-state index contributed by atoms with van der Waals surface area (Å²) in [5.41, 5.74) is 3.77. The van der Waals surface area contributed by atoms with E-state index in [1.807, 2.05) is 20.8 Å². The van der Waals surface area contributed by atoms with Gasteiger partial charge in [0.15, 0.2) is 0 Å². The summed E-state index contributed by atoms with van der Waals surface area (Å²) in [6.45, 7) is 5.83. The third-order valence-electron chi connectivity index (χ3n) is 2.60. The fraction of sp³-hybridized carbons (Fsp3) is 0.333. The Bertz CT molecular complexity index is 508. The van der Waals surface area contributed by atoms with Gasteiger partial charge in [-0.25, -0.2) is 9.59 Å². The molecule has 4 heteroatoms. The van der Waals surface area contributed by atoms with Crippen LogP contribution < -0.4 is 0 Å². The lowest BCUT2D eigenvalue weighted by Crippen LogP contribution is -1.92. The van der Waals surface area contributed by atoms with E-state index >= 15 is 0 Å². The maximum Gasteiger partial charge on any atom is 0.240 e. The SMILES string of the molecule is CCc1c(C)c(C)cc(N=C=O)c1N=C=O. The molecule has 1 rings (SSSR count). The minimum atomic E-state index is 0.373. The van der Waals surface area contributed by atoms with Crippen LogP contribution in [0.2, 0.25) is 0 Å². The molecule has 0 aliphatic rings. The summed E-state index contributed by atoms with van der Waals surface area (Å²) in [6.07, 6.45) is 3.67. The van der Waals surface area contributed by atoms with Crippen molar-refractivity contribution < 1.29 is 9.59 Å². The summed E-state index contributed by atoms with van der Waals surface area (Å²) in [4.78, 5) is 27.8. The fourth-order valence-corrected chi connectivity index (χ4v) is 1.69. The van der Waals surface area contributed by atoms with E-state index in [0.717, 1.165) is 23.1 Å². The highest BCUT2D eigenvalue weighted by atomic mass is 16.1. The summed E-state index contributed by atoms with van der Waals surface area (Å²) >= 11 is 0. The Balaban J connectivity index is 3.67. The minimum Gasteiger partial charge on any atom is -0.211 e. The van der Waals surface area contributed by atoms with E-state index in [1.54, 1.807) is 6.07 Å². The molecule has 82 valence electrons. The van der Waals surface area contributed by atoms with E-state index < -0.39 is 0 Å². The van der Waals surface area contributed by atoms with Crippen molar-refractivity contribution in [2.24, 2.45) is 9.98 Å². The van der Waals surface area contributed by atoms with Gasteiger partial charge < -0.3 is 0 Å². The lowest BCUT2D eigenvalue weighted by molar-refractivity contribution is 0.564. The minimum absolute atomic E-state index is 0.373. The third kappa shape index (κ3) is 2.14.